The van der Waals surface area contributed by atoms with Gasteiger partial charge < -0.3 is 4.98 Å². The molecule has 0 aliphatic carbocycles. The molecule has 0 aromatic carbocycles. The molecule has 0 atom stereocenters. The number of pyridine rings is 1. The van der Waals surface area contributed by atoms with Crippen LogP contribution in [0.3, 0.4) is 0 Å². The summed E-state index contributed by atoms with van der Waals surface area (Å²) in [5.41, 5.74) is 1.80. The summed E-state index contributed by atoms with van der Waals surface area (Å²) >= 11 is 0. The van der Waals surface area contributed by atoms with Crippen LogP contribution in [0.4, 0.5) is 5.69 Å². The van der Waals surface area contributed by atoms with Crippen LogP contribution < -0.4 is 5.43 Å². The second-order valence-corrected chi connectivity index (χ2v) is 2.43. The van der Waals surface area contributed by atoms with Gasteiger partial charge in [-0.1, -0.05) is 0 Å². The van der Waals surface area contributed by atoms with Crippen molar-refractivity contribution >= 4 is 12.4 Å². The van der Waals surface area contributed by atoms with E-state index in [4.69, 9.17) is 0 Å². The third kappa shape index (κ3) is 1.22. The van der Waals surface area contributed by atoms with E-state index >= 15 is 0 Å². The number of aromatic nitrogens is 1. The van der Waals surface area contributed by atoms with Crippen LogP contribution in [0.5, 0.6) is 0 Å². The van der Waals surface area contributed by atoms with Crippen LogP contribution in [0.1, 0.15) is 11.3 Å². The molecule has 58 valence electrons. The number of hydrogen-bond donors (Lipinski definition) is 1. The molecule has 3 heteroatoms. The maximum atomic E-state index is 11.3. The Kier molecular flexibility index (Phi) is 1.89. The molecule has 1 aromatic rings. The summed E-state index contributed by atoms with van der Waals surface area (Å²) in [6.07, 6.45) is 1.67. The van der Waals surface area contributed by atoms with Crippen LogP contribution in [0.25, 0.3) is 0 Å². The van der Waals surface area contributed by atoms with Gasteiger partial charge in [-0.3, -0.25) is 9.79 Å². The molecule has 0 unspecified atom stereocenters. The minimum absolute atomic E-state index is 0.0451. The van der Waals surface area contributed by atoms with Crippen molar-refractivity contribution in [3.8, 4) is 0 Å². The van der Waals surface area contributed by atoms with Crippen molar-refractivity contribution in [3.05, 3.63) is 27.7 Å². The van der Waals surface area contributed by atoms with Crippen molar-refractivity contribution in [1.29, 1.82) is 0 Å². The zero-order chi connectivity index (χ0) is 8.43. The van der Waals surface area contributed by atoms with Crippen molar-refractivity contribution in [1.82, 2.24) is 4.98 Å². The molecule has 0 bridgehead atoms. The quantitative estimate of drug-likeness (QED) is 0.603. The normalized spacial score (nSPS) is 9.64. The molecule has 0 radical (unpaired) electrons. The van der Waals surface area contributed by atoms with E-state index in [0.717, 1.165) is 5.69 Å². The molecule has 0 fully saturated rings. The molecule has 1 rings (SSSR count). The molecule has 11 heavy (non-hydrogen) atoms. The molecule has 0 spiro atoms. The second-order valence-electron chi connectivity index (χ2n) is 2.43. The lowest BCUT2D eigenvalue weighted by molar-refractivity contribution is 1.14. The van der Waals surface area contributed by atoms with E-state index in [2.05, 4.69) is 16.7 Å². The second kappa shape index (κ2) is 2.70. The summed E-state index contributed by atoms with van der Waals surface area (Å²) < 4.78 is 0. The predicted molar refractivity (Wildman–Crippen MR) is 45.7 cm³/mol. The van der Waals surface area contributed by atoms with Gasteiger partial charge >= 0.3 is 0 Å². The minimum atomic E-state index is -0.0451. The maximum absolute atomic E-state index is 11.3. The third-order valence-electron chi connectivity index (χ3n) is 1.59. The highest BCUT2D eigenvalue weighted by atomic mass is 16.1. The number of aryl methyl sites for hydroxylation is 2. The van der Waals surface area contributed by atoms with Gasteiger partial charge in [-0.15, -0.1) is 0 Å². The van der Waals surface area contributed by atoms with E-state index in [1.807, 2.05) is 0 Å². The first-order chi connectivity index (χ1) is 5.16. The molecule has 0 aliphatic rings. The zero-order valence-electron chi connectivity index (χ0n) is 6.64. The number of nitrogens with one attached hydrogen (secondary N) is 1. The first-order valence-corrected chi connectivity index (χ1v) is 3.32. The molecular formula is C8H10N2O. The number of nitrogens with zero attached hydrogens (tertiary/aromatic N) is 1. The Morgan fingerprint density at radius 1 is 1.55 bits per heavy atom. The van der Waals surface area contributed by atoms with Crippen LogP contribution >= 0.6 is 0 Å². The highest BCUT2D eigenvalue weighted by Crippen LogP contribution is 2.08. The Bertz CT molecular complexity index is 338. The Balaban J connectivity index is 3.54. The number of H-pyrrole nitrogens is 1. The summed E-state index contributed by atoms with van der Waals surface area (Å²) in [5.74, 6) is 0. The summed E-state index contributed by atoms with van der Waals surface area (Å²) in [5, 5.41) is 0. The first kappa shape index (κ1) is 7.72. The lowest BCUT2D eigenvalue weighted by Gasteiger charge is -1.98. The van der Waals surface area contributed by atoms with Crippen molar-refractivity contribution in [2.75, 3.05) is 0 Å². The van der Waals surface area contributed by atoms with Gasteiger partial charge in [0, 0.05) is 17.5 Å². The Labute approximate surface area is 64.8 Å². The van der Waals surface area contributed by atoms with Gasteiger partial charge in [-0.2, -0.15) is 0 Å². The lowest BCUT2D eigenvalue weighted by atomic mass is 10.2. The van der Waals surface area contributed by atoms with E-state index in [9.17, 15) is 4.79 Å². The smallest absolute Gasteiger partial charge is 0.210 e. The molecule has 0 aliphatic heterocycles. The fourth-order valence-corrected chi connectivity index (χ4v) is 0.898. The summed E-state index contributed by atoms with van der Waals surface area (Å²) in [7, 11) is 0. The fraction of sp³-hybridized carbons (Fsp3) is 0.250. The largest absolute Gasteiger partial charge is 0.363 e. The highest BCUT2D eigenvalue weighted by molar-refractivity contribution is 5.49. The lowest BCUT2D eigenvalue weighted by Crippen LogP contribution is -2.06. The number of aromatic amines is 1. The van der Waals surface area contributed by atoms with Gasteiger partial charge in [-0.25, -0.2) is 0 Å². The van der Waals surface area contributed by atoms with Crippen molar-refractivity contribution < 1.29 is 0 Å². The van der Waals surface area contributed by atoms with E-state index < -0.39 is 0 Å². The molecule has 3 nitrogen and oxygen atoms in total. The molecule has 1 aromatic heterocycles. The van der Waals surface area contributed by atoms with Crippen LogP contribution in [0.15, 0.2) is 16.0 Å². The van der Waals surface area contributed by atoms with Crippen molar-refractivity contribution in [2.24, 2.45) is 4.99 Å². The topological polar surface area (TPSA) is 45.2 Å². The number of hydrogen-bond acceptors (Lipinski definition) is 2. The highest BCUT2D eigenvalue weighted by Gasteiger charge is 2.02. The monoisotopic (exact) mass is 150 g/mol. The SMILES string of the molecule is C=Nc1c(C)[nH]cc(C)c1=O. The van der Waals surface area contributed by atoms with E-state index in [-0.39, 0.29) is 5.43 Å². The van der Waals surface area contributed by atoms with Crippen molar-refractivity contribution in [3.63, 3.8) is 0 Å². The molecule has 0 amide bonds. The van der Waals surface area contributed by atoms with Gasteiger partial charge in [0.05, 0.1) is 0 Å². The van der Waals surface area contributed by atoms with Crippen LogP contribution in [-0.4, -0.2) is 11.7 Å². The summed E-state index contributed by atoms with van der Waals surface area (Å²) in [6, 6.07) is 0. The van der Waals surface area contributed by atoms with Gasteiger partial charge in [0.1, 0.15) is 5.69 Å². The average molecular weight is 150 g/mol. The standard InChI is InChI=1S/C8H10N2O/c1-5-4-10-6(2)7(9-3)8(5)11/h4H,3H2,1-2H3,(H,10,11). The van der Waals surface area contributed by atoms with Crippen LogP contribution in [0, 0.1) is 13.8 Å². The first-order valence-electron chi connectivity index (χ1n) is 3.32. The van der Waals surface area contributed by atoms with Gasteiger partial charge in [0.2, 0.25) is 5.43 Å². The molecule has 1 N–H and O–H groups in total. The zero-order valence-corrected chi connectivity index (χ0v) is 6.64. The van der Waals surface area contributed by atoms with E-state index in [1.54, 1.807) is 20.0 Å². The Morgan fingerprint density at radius 3 is 2.64 bits per heavy atom. The van der Waals surface area contributed by atoms with Gasteiger partial charge in [-0.05, 0) is 20.6 Å². The van der Waals surface area contributed by atoms with Crippen LogP contribution in [-0.2, 0) is 0 Å². The number of rotatable bonds is 1. The van der Waals surface area contributed by atoms with E-state index in [1.165, 1.54) is 0 Å². The molecular weight excluding hydrogens is 140 g/mol. The van der Waals surface area contributed by atoms with Gasteiger partial charge in [0.15, 0.2) is 0 Å². The average Bonchev–Trinajstić information content (AvgIpc) is 1.99. The summed E-state index contributed by atoms with van der Waals surface area (Å²) in [6.45, 7) is 6.86. The molecule has 0 saturated heterocycles. The Morgan fingerprint density at radius 2 is 2.18 bits per heavy atom. The molecule has 1 heterocycles. The van der Waals surface area contributed by atoms with E-state index in [0.29, 0.717) is 11.3 Å². The summed E-state index contributed by atoms with van der Waals surface area (Å²) in [4.78, 5) is 17.8. The minimum Gasteiger partial charge on any atom is -0.363 e. The predicted octanol–water partition coefficient (Wildman–Crippen LogP) is 1.32. The molecule has 0 saturated carbocycles. The van der Waals surface area contributed by atoms with Gasteiger partial charge in [0.25, 0.3) is 0 Å². The third-order valence-corrected chi connectivity index (χ3v) is 1.59. The number of aliphatic imine (C=N–C) groups is 1. The maximum Gasteiger partial charge on any atom is 0.210 e. The fourth-order valence-electron chi connectivity index (χ4n) is 0.898. The van der Waals surface area contributed by atoms with Crippen LogP contribution in [0.2, 0.25) is 0 Å². The van der Waals surface area contributed by atoms with Crippen molar-refractivity contribution in [2.45, 2.75) is 13.8 Å². The Hall–Kier alpha value is -1.38.